The minimum atomic E-state index is -0.194. The molecule has 0 unspecified atom stereocenters. The largest absolute Gasteiger partial charge is 0.378 e. The van der Waals surface area contributed by atoms with Crippen LogP contribution in [-0.4, -0.2) is 40.3 Å². The van der Waals surface area contributed by atoms with Crippen LogP contribution in [0.25, 0.3) is 5.69 Å². The van der Waals surface area contributed by atoms with Crippen LogP contribution in [0.1, 0.15) is 31.4 Å². The van der Waals surface area contributed by atoms with Crippen LogP contribution < -0.4 is 10.6 Å². The monoisotopic (exact) mass is 329 g/mol. The third kappa shape index (κ3) is 4.79. The summed E-state index contributed by atoms with van der Waals surface area (Å²) in [5, 5.41) is 13.8. The third-order valence-electron chi connectivity index (χ3n) is 4.02. The Hall–Kier alpha value is -2.41. The van der Waals surface area contributed by atoms with Crippen molar-refractivity contribution in [1.82, 2.24) is 25.6 Å². The molecule has 0 saturated carbocycles. The average molecular weight is 329 g/mol. The molecule has 2 aromatic rings. The summed E-state index contributed by atoms with van der Waals surface area (Å²) in [6.45, 7) is 1.81. The number of nitrogens with zero attached hydrogens (tertiary/aromatic N) is 3. The van der Waals surface area contributed by atoms with Crippen molar-refractivity contribution in [2.75, 3.05) is 13.2 Å². The van der Waals surface area contributed by atoms with Gasteiger partial charge in [0.1, 0.15) is 5.69 Å². The number of nitrogens with one attached hydrogen (secondary N) is 2. The van der Waals surface area contributed by atoms with Gasteiger partial charge < -0.3 is 15.4 Å². The summed E-state index contributed by atoms with van der Waals surface area (Å²) in [6, 6.07) is 9.54. The van der Waals surface area contributed by atoms with Crippen molar-refractivity contribution in [3.05, 3.63) is 42.2 Å². The summed E-state index contributed by atoms with van der Waals surface area (Å²) in [5.74, 6) is 0. The minimum absolute atomic E-state index is 0.194. The summed E-state index contributed by atoms with van der Waals surface area (Å²) in [7, 11) is 0. The van der Waals surface area contributed by atoms with E-state index in [1.165, 1.54) is 6.42 Å². The molecule has 1 fully saturated rings. The molecule has 1 aromatic heterocycles. The lowest BCUT2D eigenvalue weighted by molar-refractivity contribution is 0.0120. The van der Waals surface area contributed by atoms with Crippen LogP contribution in [-0.2, 0) is 11.3 Å². The molecule has 0 aliphatic carbocycles. The van der Waals surface area contributed by atoms with E-state index < -0.39 is 0 Å². The summed E-state index contributed by atoms with van der Waals surface area (Å²) in [4.78, 5) is 11.8. The highest BCUT2D eigenvalue weighted by atomic mass is 16.5. The lowest BCUT2D eigenvalue weighted by Gasteiger charge is -2.22. The first-order valence-electron chi connectivity index (χ1n) is 8.41. The van der Waals surface area contributed by atoms with Crippen LogP contribution in [0.3, 0.4) is 0 Å². The van der Waals surface area contributed by atoms with Crippen molar-refractivity contribution in [2.45, 2.75) is 38.3 Å². The number of rotatable bonds is 6. The Balaban J connectivity index is 1.38. The quantitative estimate of drug-likeness (QED) is 0.849. The molecule has 0 radical (unpaired) electrons. The molecular weight excluding hydrogens is 306 g/mol. The maximum atomic E-state index is 11.8. The Morgan fingerprint density at radius 1 is 1.25 bits per heavy atom. The standard InChI is InChI=1S/C17H23N5O2/c23-17(18-10-9-16-8-4-5-11-24-16)19-12-14-13-22(21-20-14)15-6-2-1-3-7-15/h1-3,6-7,13,16H,4-5,8-12H2,(H2,18,19,23)/t16-/m0/s1. The summed E-state index contributed by atoms with van der Waals surface area (Å²) >= 11 is 0. The van der Waals surface area contributed by atoms with Gasteiger partial charge in [0.2, 0.25) is 0 Å². The molecule has 1 saturated heterocycles. The molecule has 1 aliphatic rings. The third-order valence-corrected chi connectivity index (χ3v) is 4.02. The van der Waals surface area contributed by atoms with Gasteiger partial charge in [0, 0.05) is 13.2 Å². The van der Waals surface area contributed by atoms with E-state index in [0.717, 1.165) is 31.6 Å². The lowest BCUT2D eigenvalue weighted by atomic mass is 10.1. The molecule has 2 N–H and O–H groups in total. The molecule has 128 valence electrons. The summed E-state index contributed by atoms with van der Waals surface area (Å²) in [5.41, 5.74) is 1.65. The predicted octanol–water partition coefficient (Wildman–Crippen LogP) is 2.03. The van der Waals surface area contributed by atoms with Crippen molar-refractivity contribution < 1.29 is 9.53 Å². The van der Waals surface area contributed by atoms with E-state index in [9.17, 15) is 4.79 Å². The molecule has 24 heavy (non-hydrogen) atoms. The molecule has 0 spiro atoms. The Labute approximate surface area is 141 Å². The van der Waals surface area contributed by atoms with Crippen molar-refractivity contribution in [1.29, 1.82) is 0 Å². The summed E-state index contributed by atoms with van der Waals surface area (Å²) < 4.78 is 7.33. The first-order chi connectivity index (χ1) is 11.8. The van der Waals surface area contributed by atoms with Crippen LogP contribution in [0.5, 0.6) is 0 Å². The number of aromatic nitrogens is 3. The number of benzene rings is 1. The Bertz CT molecular complexity index is 637. The molecule has 7 nitrogen and oxygen atoms in total. The molecular formula is C17H23N5O2. The van der Waals surface area contributed by atoms with Crippen LogP contribution in [0, 0.1) is 0 Å². The molecule has 1 aromatic carbocycles. The van der Waals surface area contributed by atoms with E-state index in [1.807, 2.05) is 36.5 Å². The van der Waals surface area contributed by atoms with Crippen LogP contribution >= 0.6 is 0 Å². The molecule has 1 aliphatic heterocycles. The second-order valence-corrected chi connectivity index (χ2v) is 5.88. The SMILES string of the molecule is O=C(NCC[C@@H]1CCCCO1)NCc1cn(-c2ccccc2)nn1. The lowest BCUT2D eigenvalue weighted by Crippen LogP contribution is -2.37. The topological polar surface area (TPSA) is 81.1 Å². The van der Waals surface area contributed by atoms with Crippen molar-refractivity contribution in [3.63, 3.8) is 0 Å². The maximum absolute atomic E-state index is 11.8. The summed E-state index contributed by atoms with van der Waals surface area (Å²) in [6.07, 6.45) is 6.40. The Morgan fingerprint density at radius 3 is 2.92 bits per heavy atom. The number of urea groups is 1. The first kappa shape index (κ1) is 16.4. The van der Waals surface area contributed by atoms with E-state index in [0.29, 0.717) is 18.8 Å². The van der Waals surface area contributed by atoms with Gasteiger partial charge in [-0.05, 0) is 37.8 Å². The zero-order valence-electron chi connectivity index (χ0n) is 13.6. The first-order valence-corrected chi connectivity index (χ1v) is 8.41. The average Bonchev–Trinajstić information content (AvgIpc) is 3.11. The van der Waals surface area contributed by atoms with Crippen LogP contribution in [0.15, 0.2) is 36.5 Å². The highest BCUT2D eigenvalue weighted by Crippen LogP contribution is 2.14. The number of ether oxygens (including phenoxy) is 1. The van der Waals surface area contributed by atoms with Gasteiger partial charge in [-0.2, -0.15) is 0 Å². The van der Waals surface area contributed by atoms with Gasteiger partial charge >= 0.3 is 6.03 Å². The van der Waals surface area contributed by atoms with E-state index in [-0.39, 0.29) is 12.1 Å². The van der Waals surface area contributed by atoms with Crippen molar-refractivity contribution in [3.8, 4) is 5.69 Å². The number of hydrogen-bond donors (Lipinski definition) is 2. The highest BCUT2D eigenvalue weighted by Gasteiger charge is 2.13. The smallest absolute Gasteiger partial charge is 0.315 e. The fourth-order valence-electron chi connectivity index (χ4n) is 2.70. The van der Waals surface area contributed by atoms with Gasteiger partial charge in [-0.1, -0.05) is 23.4 Å². The van der Waals surface area contributed by atoms with Crippen molar-refractivity contribution in [2.24, 2.45) is 0 Å². The van der Waals surface area contributed by atoms with Gasteiger partial charge in [0.05, 0.1) is 24.5 Å². The molecule has 3 rings (SSSR count). The molecule has 7 heteroatoms. The van der Waals surface area contributed by atoms with Crippen molar-refractivity contribution >= 4 is 6.03 Å². The highest BCUT2D eigenvalue weighted by molar-refractivity contribution is 5.73. The Morgan fingerprint density at radius 2 is 2.12 bits per heavy atom. The van der Waals surface area contributed by atoms with Crippen LogP contribution in [0.2, 0.25) is 0 Å². The number of carbonyl (C=O) groups is 1. The van der Waals surface area contributed by atoms with E-state index >= 15 is 0 Å². The normalized spacial score (nSPS) is 17.4. The van der Waals surface area contributed by atoms with E-state index in [4.69, 9.17) is 4.74 Å². The number of para-hydroxylation sites is 1. The van der Waals surface area contributed by atoms with Gasteiger partial charge in [0.15, 0.2) is 0 Å². The molecule has 2 heterocycles. The molecule has 1 atom stereocenters. The zero-order valence-corrected chi connectivity index (χ0v) is 13.6. The van der Waals surface area contributed by atoms with Crippen LogP contribution in [0.4, 0.5) is 4.79 Å². The second-order valence-electron chi connectivity index (χ2n) is 5.88. The zero-order chi connectivity index (χ0) is 16.6. The van der Waals surface area contributed by atoms with Gasteiger partial charge in [-0.25, -0.2) is 9.48 Å². The fraction of sp³-hybridized carbons (Fsp3) is 0.471. The molecule has 0 bridgehead atoms. The minimum Gasteiger partial charge on any atom is -0.378 e. The van der Waals surface area contributed by atoms with Gasteiger partial charge in [0.25, 0.3) is 0 Å². The van der Waals surface area contributed by atoms with E-state index in [1.54, 1.807) is 4.68 Å². The number of hydrogen-bond acceptors (Lipinski definition) is 4. The van der Waals surface area contributed by atoms with E-state index in [2.05, 4.69) is 20.9 Å². The van der Waals surface area contributed by atoms with Gasteiger partial charge in [-0.3, -0.25) is 0 Å². The predicted molar refractivity (Wildman–Crippen MR) is 89.8 cm³/mol. The number of carbonyl (C=O) groups excluding carboxylic acids is 1. The number of amides is 2. The Kier molecular flexibility index (Phi) is 5.79. The molecule has 2 amide bonds. The second kappa shape index (κ2) is 8.44. The fourth-order valence-corrected chi connectivity index (χ4v) is 2.70. The van der Waals surface area contributed by atoms with Gasteiger partial charge in [-0.15, -0.1) is 5.10 Å². The maximum Gasteiger partial charge on any atom is 0.315 e.